The third-order valence-electron chi connectivity index (χ3n) is 5.95. The molecule has 34 heavy (non-hydrogen) atoms. The summed E-state index contributed by atoms with van der Waals surface area (Å²) in [5.41, 5.74) is 3.26. The van der Waals surface area contributed by atoms with Crippen LogP contribution < -0.4 is 14.4 Å². The maximum Gasteiger partial charge on any atom is 0.260 e. The molecule has 1 aromatic heterocycles. The average Bonchev–Trinajstić information content (AvgIpc) is 2.85. The van der Waals surface area contributed by atoms with Crippen LogP contribution in [-0.2, 0) is 11.2 Å². The van der Waals surface area contributed by atoms with Crippen LogP contribution in [0.4, 0.5) is 5.82 Å². The Morgan fingerprint density at radius 2 is 1.59 bits per heavy atom. The number of hydrogen-bond acceptors (Lipinski definition) is 6. The molecule has 0 bridgehead atoms. The van der Waals surface area contributed by atoms with Crippen molar-refractivity contribution in [3.05, 3.63) is 76.2 Å². The molecule has 2 heterocycles. The van der Waals surface area contributed by atoms with E-state index in [1.54, 1.807) is 31.4 Å². The van der Waals surface area contributed by atoms with Crippen molar-refractivity contribution in [3.8, 4) is 11.5 Å². The number of halogens is 1. The highest BCUT2D eigenvalue weighted by Crippen LogP contribution is 2.26. The molecule has 0 N–H and O–H groups in total. The van der Waals surface area contributed by atoms with Crippen LogP contribution >= 0.6 is 11.6 Å². The van der Waals surface area contributed by atoms with Crippen LogP contribution in [0.2, 0.25) is 5.02 Å². The van der Waals surface area contributed by atoms with E-state index in [4.69, 9.17) is 26.1 Å². The summed E-state index contributed by atoms with van der Waals surface area (Å²) >= 11 is 5.90. The molecule has 1 aliphatic heterocycles. The number of piperazine rings is 1. The highest BCUT2D eigenvalue weighted by Gasteiger charge is 2.25. The van der Waals surface area contributed by atoms with E-state index in [1.807, 2.05) is 30.9 Å². The van der Waals surface area contributed by atoms with Gasteiger partial charge in [0.2, 0.25) is 0 Å². The fraction of sp³-hybridized carbons (Fsp3) is 0.346. The smallest absolute Gasteiger partial charge is 0.260 e. The third-order valence-corrected chi connectivity index (χ3v) is 6.20. The summed E-state index contributed by atoms with van der Waals surface area (Å²) < 4.78 is 10.9. The zero-order valence-corrected chi connectivity index (χ0v) is 20.5. The Hall–Kier alpha value is -3.32. The van der Waals surface area contributed by atoms with Gasteiger partial charge in [0.1, 0.15) is 23.1 Å². The number of rotatable bonds is 7. The van der Waals surface area contributed by atoms with Crippen LogP contribution in [0.5, 0.6) is 11.5 Å². The zero-order chi connectivity index (χ0) is 24.1. The second kappa shape index (κ2) is 10.7. The second-order valence-electron chi connectivity index (χ2n) is 8.29. The zero-order valence-electron chi connectivity index (χ0n) is 19.8. The summed E-state index contributed by atoms with van der Waals surface area (Å²) in [6.45, 7) is 6.61. The molecule has 1 saturated heterocycles. The van der Waals surface area contributed by atoms with Crippen molar-refractivity contribution >= 4 is 23.3 Å². The van der Waals surface area contributed by atoms with Crippen LogP contribution in [0, 0.1) is 13.8 Å². The van der Waals surface area contributed by atoms with Gasteiger partial charge in [-0.15, -0.1) is 0 Å². The van der Waals surface area contributed by atoms with Gasteiger partial charge in [-0.3, -0.25) is 4.79 Å². The largest absolute Gasteiger partial charge is 0.497 e. The minimum Gasteiger partial charge on any atom is -0.497 e. The number of nitrogens with zero attached hydrogens (tertiary/aromatic N) is 4. The van der Waals surface area contributed by atoms with Crippen LogP contribution in [0.3, 0.4) is 0 Å². The number of anilines is 1. The molecule has 3 aromatic rings. The Labute approximate surface area is 205 Å². The second-order valence-corrected chi connectivity index (χ2v) is 8.73. The van der Waals surface area contributed by atoms with Gasteiger partial charge in [0.05, 0.1) is 7.11 Å². The average molecular weight is 481 g/mol. The topological polar surface area (TPSA) is 67.8 Å². The first kappa shape index (κ1) is 23.8. The summed E-state index contributed by atoms with van der Waals surface area (Å²) in [4.78, 5) is 26.2. The van der Waals surface area contributed by atoms with E-state index in [9.17, 15) is 4.79 Å². The molecule has 2 aromatic carbocycles. The lowest BCUT2D eigenvalue weighted by Gasteiger charge is -2.36. The molecule has 1 aliphatic rings. The first-order valence-corrected chi connectivity index (χ1v) is 11.7. The van der Waals surface area contributed by atoms with Gasteiger partial charge in [-0.2, -0.15) is 0 Å². The van der Waals surface area contributed by atoms with E-state index in [0.717, 1.165) is 35.1 Å². The van der Waals surface area contributed by atoms with Crippen LogP contribution in [0.15, 0.2) is 48.5 Å². The molecule has 0 saturated carbocycles. The number of carbonyl (C=O) groups excluding carboxylic acids is 1. The summed E-state index contributed by atoms with van der Waals surface area (Å²) in [5, 5.41) is 0.636. The molecular formula is C26H29ClN4O3. The predicted molar refractivity (Wildman–Crippen MR) is 133 cm³/mol. The Bertz CT molecular complexity index is 1130. The molecule has 1 fully saturated rings. The normalized spacial score (nSPS) is 13.6. The molecule has 178 valence electrons. The number of benzene rings is 2. The highest BCUT2D eigenvalue weighted by atomic mass is 35.5. The van der Waals surface area contributed by atoms with Gasteiger partial charge < -0.3 is 19.3 Å². The molecule has 7 nitrogen and oxygen atoms in total. The molecule has 1 amide bonds. The van der Waals surface area contributed by atoms with Crippen molar-refractivity contribution in [2.45, 2.75) is 20.3 Å². The molecule has 8 heteroatoms. The Kier molecular flexibility index (Phi) is 7.53. The van der Waals surface area contributed by atoms with Crippen molar-refractivity contribution in [1.82, 2.24) is 14.9 Å². The van der Waals surface area contributed by atoms with E-state index in [1.165, 1.54) is 5.56 Å². The van der Waals surface area contributed by atoms with Gasteiger partial charge in [0.25, 0.3) is 5.91 Å². The fourth-order valence-corrected chi connectivity index (χ4v) is 4.19. The Morgan fingerprint density at radius 3 is 2.24 bits per heavy atom. The van der Waals surface area contributed by atoms with Crippen LogP contribution in [-0.4, -0.2) is 60.7 Å². The van der Waals surface area contributed by atoms with Gasteiger partial charge in [0.15, 0.2) is 6.61 Å². The SMILES string of the molecule is COc1ccc(Cc2c(C)nc(C)nc2N2CCN(C(=O)COc3ccc(Cl)cc3)CC2)cc1. The Balaban J connectivity index is 1.41. The van der Waals surface area contributed by atoms with Crippen LogP contribution in [0.25, 0.3) is 0 Å². The van der Waals surface area contributed by atoms with Gasteiger partial charge >= 0.3 is 0 Å². The fourth-order valence-electron chi connectivity index (χ4n) is 4.07. The van der Waals surface area contributed by atoms with E-state index in [-0.39, 0.29) is 12.5 Å². The first-order valence-electron chi connectivity index (χ1n) is 11.3. The molecule has 4 rings (SSSR count). The van der Waals surface area contributed by atoms with E-state index in [0.29, 0.717) is 37.0 Å². The number of aryl methyl sites for hydroxylation is 2. The molecular weight excluding hydrogens is 452 g/mol. The molecule has 0 radical (unpaired) electrons. The first-order chi connectivity index (χ1) is 16.4. The van der Waals surface area contributed by atoms with Gasteiger partial charge in [-0.05, 0) is 55.8 Å². The molecule has 0 aliphatic carbocycles. The summed E-state index contributed by atoms with van der Waals surface area (Å²) in [7, 11) is 1.67. The van der Waals surface area contributed by atoms with Crippen molar-refractivity contribution in [1.29, 1.82) is 0 Å². The maximum absolute atomic E-state index is 12.7. The van der Waals surface area contributed by atoms with Crippen molar-refractivity contribution < 1.29 is 14.3 Å². The van der Waals surface area contributed by atoms with Crippen LogP contribution in [0.1, 0.15) is 22.6 Å². The summed E-state index contributed by atoms with van der Waals surface area (Å²) in [5.74, 6) is 3.14. The molecule has 0 spiro atoms. The number of hydrogen-bond donors (Lipinski definition) is 0. The number of carbonyl (C=O) groups is 1. The summed E-state index contributed by atoms with van der Waals surface area (Å²) in [6.07, 6.45) is 0.736. The number of methoxy groups -OCH3 is 1. The molecule has 0 unspecified atom stereocenters. The van der Waals surface area contributed by atoms with Crippen molar-refractivity contribution in [2.75, 3.05) is 44.8 Å². The lowest BCUT2D eigenvalue weighted by Crippen LogP contribution is -2.50. The van der Waals surface area contributed by atoms with E-state index >= 15 is 0 Å². The predicted octanol–water partition coefficient (Wildman–Crippen LogP) is 4.07. The minimum absolute atomic E-state index is 0.01000. The number of ether oxygens (including phenoxy) is 2. The Morgan fingerprint density at radius 1 is 0.941 bits per heavy atom. The monoisotopic (exact) mass is 480 g/mol. The van der Waals surface area contributed by atoms with Crippen molar-refractivity contribution in [2.24, 2.45) is 0 Å². The summed E-state index contributed by atoms with van der Waals surface area (Å²) in [6, 6.07) is 15.1. The number of amides is 1. The quantitative estimate of drug-likeness (QED) is 0.507. The third kappa shape index (κ3) is 5.78. The highest BCUT2D eigenvalue weighted by molar-refractivity contribution is 6.30. The minimum atomic E-state index is -0.0249. The maximum atomic E-state index is 12.7. The lowest BCUT2D eigenvalue weighted by molar-refractivity contribution is -0.133. The van der Waals surface area contributed by atoms with Gasteiger partial charge in [0, 0.05) is 48.9 Å². The van der Waals surface area contributed by atoms with E-state index < -0.39 is 0 Å². The standard InChI is InChI=1S/C26H29ClN4O3/c1-18-24(16-20-4-8-22(33-3)9-5-20)26(29-19(2)28-18)31-14-12-30(13-15-31)25(32)17-34-23-10-6-21(27)7-11-23/h4-11H,12-17H2,1-3H3. The number of aromatic nitrogens is 2. The lowest BCUT2D eigenvalue weighted by atomic mass is 10.0. The van der Waals surface area contributed by atoms with E-state index in [2.05, 4.69) is 22.0 Å². The molecule has 0 atom stereocenters. The van der Waals surface area contributed by atoms with Gasteiger partial charge in [-0.25, -0.2) is 9.97 Å². The van der Waals surface area contributed by atoms with Gasteiger partial charge in [-0.1, -0.05) is 23.7 Å². The van der Waals surface area contributed by atoms with Crippen molar-refractivity contribution in [3.63, 3.8) is 0 Å².